The third-order valence-electron chi connectivity index (χ3n) is 2.67. The number of thioether (sulfide) groups is 1. The molecule has 0 saturated carbocycles. The Morgan fingerprint density at radius 2 is 2.11 bits per heavy atom. The second-order valence-electron chi connectivity index (χ2n) is 3.94. The third-order valence-corrected chi connectivity index (χ3v) is 3.37. The molecule has 2 aromatic rings. The lowest BCUT2D eigenvalue weighted by atomic mass is 10.2. The first-order chi connectivity index (χ1) is 9.24. The molecule has 1 N–H and O–H groups in total. The maximum absolute atomic E-state index is 11.9. The van der Waals surface area contributed by atoms with Crippen LogP contribution in [-0.4, -0.2) is 22.0 Å². The highest BCUT2D eigenvalue weighted by Gasteiger charge is 2.12. The normalized spacial score (nSPS) is 10.4. The van der Waals surface area contributed by atoms with Crippen molar-refractivity contribution in [2.45, 2.75) is 18.1 Å². The predicted molar refractivity (Wildman–Crippen MR) is 74.2 cm³/mol. The Morgan fingerprint density at radius 3 is 2.74 bits per heavy atom. The van der Waals surface area contributed by atoms with E-state index in [1.807, 2.05) is 36.6 Å². The Bertz CT molecular complexity index is 551. The fourth-order valence-electron chi connectivity index (χ4n) is 1.67. The van der Waals surface area contributed by atoms with Gasteiger partial charge in [-0.15, -0.1) is 11.8 Å². The van der Waals surface area contributed by atoms with Crippen LogP contribution >= 0.6 is 11.8 Å². The van der Waals surface area contributed by atoms with Crippen molar-refractivity contribution in [2.75, 3.05) is 6.26 Å². The van der Waals surface area contributed by atoms with Gasteiger partial charge >= 0.3 is 6.09 Å². The fraction of sp³-hybridized carbons (Fsp3) is 0.214. The van der Waals surface area contributed by atoms with Crippen LogP contribution in [0, 0.1) is 0 Å². The van der Waals surface area contributed by atoms with Crippen molar-refractivity contribution in [3.63, 3.8) is 0 Å². The minimum absolute atomic E-state index is 0.193. The summed E-state index contributed by atoms with van der Waals surface area (Å²) in [4.78, 5) is 12.9. The second-order valence-corrected chi connectivity index (χ2v) is 4.82. The van der Waals surface area contributed by atoms with Gasteiger partial charge in [0.1, 0.15) is 6.61 Å². The minimum atomic E-state index is -0.479. The van der Waals surface area contributed by atoms with Crippen molar-refractivity contribution < 1.29 is 14.6 Å². The topological polar surface area (TPSA) is 51.5 Å². The van der Waals surface area contributed by atoms with Crippen LogP contribution in [0.2, 0.25) is 0 Å². The Hall–Kier alpha value is -1.72. The summed E-state index contributed by atoms with van der Waals surface area (Å²) in [5.74, 6) is 0. The summed E-state index contributed by atoms with van der Waals surface area (Å²) in [6, 6.07) is 11.3. The molecule has 0 spiro atoms. The molecule has 0 atom stereocenters. The van der Waals surface area contributed by atoms with Gasteiger partial charge in [-0.25, -0.2) is 4.79 Å². The van der Waals surface area contributed by atoms with E-state index in [1.54, 1.807) is 12.3 Å². The average Bonchev–Trinajstić information content (AvgIpc) is 2.89. The van der Waals surface area contributed by atoms with Gasteiger partial charge in [0.2, 0.25) is 0 Å². The zero-order chi connectivity index (χ0) is 13.7. The molecule has 1 aromatic heterocycles. The van der Waals surface area contributed by atoms with Crippen molar-refractivity contribution in [3.05, 3.63) is 53.9 Å². The molecule has 2 rings (SSSR count). The van der Waals surface area contributed by atoms with E-state index in [9.17, 15) is 9.90 Å². The van der Waals surface area contributed by atoms with Crippen LogP contribution in [0.5, 0.6) is 0 Å². The van der Waals surface area contributed by atoms with Crippen molar-refractivity contribution >= 4 is 17.9 Å². The van der Waals surface area contributed by atoms with Gasteiger partial charge in [0.25, 0.3) is 0 Å². The zero-order valence-electron chi connectivity index (χ0n) is 10.6. The van der Waals surface area contributed by atoms with Gasteiger partial charge in [-0.3, -0.25) is 4.57 Å². The molecular weight excluding hydrogens is 262 g/mol. The number of aromatic nitrogens is 1. The maximum atomic E-state index is 11.9. The van der Waals surface area contributed by atoms with Gasteiger partial charge < -0.3 is 9.84 Å². The van der Waals surface area contributed by atoms with Crippen molar-refractivity contribution in [3.8, 4) is 0 Å². The maximum Gasteiger partial charge on any atom is 0.418 e. The van der Waals surface area contributed by atoms with Gasteiger partial charge in [-0.05, 0) is 17.9 Å². The average molecular weight is 277 g/mol. The van der Waals surface area contributed by atoms with Gasteiger partial charge in [-0.2, -0.15) is 0 Å². The van der Waals surface area contributed by atoms with E-state index in [2.05, 4.69) is 0 Å². The first-order valence-electron chi connectivity index (χ1n) is 5.81. The van der Waals surface area contributed by atoms with E-state index in [0.717, 1.165) is 10.5 Å². The van der Waals surface area contributed by atoms with Crippen molar-refractivity contribution in [2.24, 2.45) is 0 Å². The number of carbonyl (C=O) groups excluding carboxylic acids is 1. The molecule has 100 valence electrons. The molecule has 0 aliphatic heterocycles. The number of benzene rings is 1. The quantitative estimate of drug-likeness (QED) is 0.873. The second kappa shape index (κ2) is 6.45. The lowest BCUT2D eigenvalue weighted by Crippen LogP contribution is -2.15. The van der Waals surface area contributed by atoms with Crippen LogP contribution in [-0.2, 0) is 18.0 Å². The first kappa shape index (κ1) is 13.7. The van der Waals surface area contributed by atoms with E-state index < -0.39 is 6.09 Å². The molecule has 0 fully saturated rings. The summed E-state index contributed by atoms with van der Waals surface area (Å²) in [6.45, 7) is 0.0261. The smallest absolute Gasteiger partial charge is 0.418 e. The van der Waals surface area contributed by atoms with Gasteiger partial charge in [0.15, 0.2) is 0 Å². The van der Waals surface area contributed by atoms with Crippen LogP contribution in [0.25, 0.3) is 0 Å². The molecule has 0 bridgehead atoms. The molecule has 1 heterocycles. The predicted octanol–water partition coefficient (Wildman–Crippen LogP) is 2.89. The number of rotatable bonds is 4. The van der Waals surface area contributed by atoms with E-state index in [0.29, 0.717) is 5.69 Å². The highest BCUT2D eigenvalue weighted by molar-refractivity contribution is 7.98. The minimum Gasteiger partial charge on any atom is -0.444 e. The monoisotopic (exact) mass is 277 g/mol. The molecule has 5 heteroatoms. The van der Waals surface area contributed by atoms with E-state index >= 15 is 0 Å². The van der Waals surface area contributed by atoms with Crippen LogP contribution in [0.15, 0.2) is 47.5 Å². The number of aliphatic hydroxyl groups is 1. The van der Waals surface area contributed by atoms with E-state index in [-0.39, 0.29) is 13.2 Å². The Labute approximate surface area is 116 Å². The number of aliphatic hydroxyl groups excluding tert-OH is 1. The lowest BCUT2D eigenvalue weighted by Gasteiger charge is -2.07. The van der Waals surface area contributed by atoms with Crippen LogP contribution in [0.3, 0.4) is 0 Å². The van der Waals surface area contributed by atoms with E-state index in [1.165, 1.54) is 16.3 Å². The number of hydrogen-bond donors (Lipinski definition) is 1. The largest absolute Gasteiger partial charge is 0.444 e. The van der Waals surface area contributed by atoms with Crippen molar-refractivity contribution in [1.82, 2.24) is 4.57 Å². The third kappa shape index (κ3) is 3.39. The molecule has 0 aliphatic carbocycles. The highest BCUT2D eigenvalue weighted by atomic mass is 32.2. The molecule has 0 saturated heterocycles. The molecule has 4 nitrogen and oxygen atoms in total. The number of hydrogen-bond acceptors (Lipinski definition) is 4. The molecule has 0 amide bonds. The molecular formula is C14H15NO3S. The summed E-state index contributed by atoms with van der Waals surface area (Å²) in [7, 11) is 0. The molecule has 1 aromatic carbocycles. The molecule has 0 radical (unpaired) electrons. The van der Waals surface area contributed by atoms with Crippen LogP contribution < -0.4 is 0 Å². The summed E-state index contributed by atoms with van der Waals surface area (Å²) < 4.78 is 6.56. The Kier molecular flexibility index (Phi) is 4.65. The lowest BCUT2D eigenvalue weighted by molar-refractivity contribution is 0.138. The Morgan fingerprint density at radius 1 is 1.37 bits per heavy atom. The van der Waals surface area contributed by atoms with Crippen LogP contribution in [0.1, 0.15) is 11.3 Å². The summed E-state index contributed by atoms with van der Waals surface area (Å²) in [5.41, 5.74) is 1.46. The standard InChI is InChI=1S/C14H15NO3S/c1-19-13-7-12(9-16)15(8-13)14(17)18-10-11-5-3-2-4-6-11/h2-8,16H,9-10H2,1H3. The van der Waals surface area contributed by atoms with Crippen molar-refractivity contribution in [1.29, 1.82) is 0 Å². The zero-order valence-corrected chi connectivity index (χ0v) is 11.4. The molecule has 0 unspecified atom stereocenters. The summed E-state index contributed by atoms with van der Waals surface area (Å²) >= 11 is 1.51. The number of nitrogens with zero attached hydrogens (tertiary/aromatic N) is 1. The van der Waals surface area contributed by atoms with E-state index in [4.69, 9.17) is 4.74 Å². The van der Waals surface area contributed by atoms with Crippen LogP contribution in [0.4, 0.5) is 4.79 Å². The molecule has 0 aliphatic rings. The highest BCUT2D eigenvalue weighted by Crippen LogP contribution is 2.19. The number of carbonyl (C=O) groups is 1. The number of ether oxygens (including phenoxy) is 1. The first-order valence-corrected chi connectivity index (χ1v) is 7.04. The van der Waals surface area contributed by atoms with Gasteiger partial charge in [0, 0.05) is 11.1 Å². The summed E-state index contributed by atoms with van der Waals surface area (Å²) in [6.07, 6.45) is 3.10. The fourth-order valence-corrected chi connectivity index (χ4v) is 2.14. The SMILES string of the molecule is CSc1cc(CO)n(C(=O)OCc2ccccc2)c1. The van der Waals surface area contributed by atoms with Gasteiger partial charge in [-0.1, -0.05) is 30.3 Å². The molecule has 19 heavy (non-hydrogen) atoms. The Balaban J connectivity index is 2.05. The van der Waals surface area contributed by atoms with Gasteiger partial charge in [0.05, 0.1) is 12.3 Å². The summed E-state index contributed by atoms with van der Waals surface area (Å²) in [5, 5.41) is 9.22.